The van der Waals surface area contributed by atoms with Crippen LogP contribution in [0.5, 0.6) is 5.75 Å². The second kappa shape index (κ2) is 8.41. The summed E-state index contributed by atoms with van der Waals surface area (Å²) in [6.07, 6.45) is 6.00. The molecule has 0 aromatic heterocycles. The molecule has 1 amide bonds. The van der Waals surface area contributed by atoms with Crippen LogP contribution in [0, 0.1) is 0 Å². The molecule has 0 heterocycles. The van der Waals surface area contributed by atoms with Crippen molar-refractivity contribution in [2.45, 2.75) is 44.6 Å². The summed E-state index contributed by atoms with van der Waals surface area (Å²) in [6, 6.07) is 7.40. The SMILES string of the molecule is COC(=O)Cc1ccc(OCC(=O)NC2CCCCC2)cc1. The van der Waals surface area contributed by atoms with Crippen LogP contribution in [0.3, 0.4) is 0 Å². The van der Waals surface area contributed by atoms with E-state index in [1.165, 1.54) is 26.4 Å². The lowest BCUT2D eigenvalue weighted by Crippen LogP contribution is -2.38. The van der Waals surface area contributed by atoms with Crippen LogP contribution < -0.4 is 10.1 Å². The molecule has 1 aromatic rings. The molecule has 0 atom stereocenters. The number of carbonyl (C=O) groups excluding carboxylic acids is 2. The van der Waals surface area contributed by atoms with Gasteiger partial charge in [0.05, 0.1) is 13.5 Å². The molecular formula is C17H23NO4. The molecule has 5 heteroatoms. The van der Waals surface area contributed by atoms with Gasteiger partial charge in [-0.2, -0.15) is 0 Å². The first-order chi connectivity index (χ1) is 10.7. The van der Waals surface area contributed by atoms with Crippen molar-refractivity contribution in [1.82, 2.24) is 5.32 Å². The van der Waals surface area contributed by atoms with Crippen molar-refractivity contribution in [3.63, 3.8) is 0 Å². The second-order valence-corrected chi connectivity index (χ2v) is 5.59. The first-order valence-electron chi connectivity index (χ1n) is 7.75. The lowest BCUT2D eigenvalue weighted by molar-refractivity contribution is -0.139. The van der Waals surface area contributed by atoms with Crippen molar-refractivity contribution in [1.29, 1.82) is 0 Å². The molecular weight excluding hydrogens is 282 g/mol. The Hall–Kier alpha value is -2.04. The van der Waals surface area contributed by atoms with Crippen LogP contribution in [0.25, 0.3) is 0 Å². The van der Waals surface area contributed by atoms with Gasteiger partial charge in [0.2, 0.25) is 0 Å². The molecule has 0 saturated heterocycles. The molecule has 5 nitrogen and oxygen atoms in total. The molecule has 0 spiro atoms. The third kappa shape index (κ3) is 5.39. The Bertz CT molecular complexity index is 492. The van der Waals surface area contributed by atoms with Gasteiger partial charge in [-0.25, -0.2) is 0 Å². The van der Waals surface area contributed by atoms with E-state index in [4.69, 9.17) is 4.74 Å². The van der Waals surface area contributed by atoms with Crippen LogP contribution in [0.2, 0.25) is 0 Å². The Labute approximate surface area is 131 Å². The van der Waals surface area contributed by atoms with E-state index in [1.807, 2.05) is 0 Å². The van der Waals surface area contributed by atoms with Crippen molar-refractivity contribution in [3.8, 4) is 5.75 Å². The van der Waals surface area contributed by atoms with Crippen LogP contribution in [0.4, 0.5) is 0 Å². The fourth-order valence-corrected chi connectivity index (χ4v) is 2.61. The number of ether oxygens (including phenoxy) is 2. The van der Waals surface area contributed by atoms with E-state index in [-0.39, 0.29) is 24.9 Å². The minimum Gasteiger partial charge on any atom is -0.484 e. The topological polar surface area (TPSA) is 64.6 Å². The summed E-state index contributed by atoms with van der Waals surface area (Å²) in [5.41, 5.74) is 0.853. The Morgan fingerprint density at radius 2 is 1.82 bits per heavy atom. The highest BCUT2D eigenvalue weighted by molar-refractivity contribution is 5.77. The fraction of sp³-hybridized carbons (Fsp3) is 0.529. The zero-order chi connectivity index (χ0) is 15.8. The van der Waals surface area contributed by atoms with Gasteiger partial charge in [-0.1, -0.05) is 31.4 Å². The quantitative estimate of drug-likeness (QED) is 0.819. The van der Waals surface area contributed by atoms with E-state index in [0.29, 0.717) is 11.8 Å². The summed E-state index contributed by atoms with van der Waals surface area (Å²) < 4.78 is 10.1. The number of hydrogen-bond donors (Lipinski definition) is 1. The van der Waals surface area contributed by atoms with E-state index in [0.717, 1.165) is 18.4 Å². The van der Waals surface area contributed by atoms with E-state index in [2.05, 4.69) is 10.1 Å². The lowest BCUT2D eigenvalue weighted by atomic mass is 9.95. The average Bonchev–Trinajstić information content (AvgIpc) is 2.55. The number of amides is 1. The summed E-state index contributed by atoms with van der Waals surface area (Å²) in [7, 11) is 1.37. The average molecular weight is 305 g/mol. The van der Waals surface area contributed by atoms with E-state index < -0.39 is 0 Å². The van der Waals surface area contributed by atoms with Crippen LogP contribution >= 0.6 is 0 Å². The Kier molecular flexibility index (Phi) is 6.25. The van der Waals surface area contributed by atoms with Gasteiger partial charge in [0.15, 0.2) is 6.61 Å². The van der Waals surface area contributed by atoms with Crippen molar-refractivity contribution < 1.29 is 19.1 Å². The van der Waals surface area contributed by atoms with Gasteiger partial charge in [0.1, 0.15) is 5.75 Å². The Morgan fingerprint density at radius 3 is 2.45 bits per heavy atom. The third-order valence-electron chi connectivity index (χ3n) is 3.84. The van der Waals surface area contributed by atoms with Gasteiger partial charge in [-0.15, -0.1) is 0 Å². The third-order valence-corrected chi connectivity index (χ3v) is 3.84. The zero-order valence-corrected chi connectivity index (χ0v) is 13.0. The number of carbonyl (C=O) groups is 2. The van der Waals surface area contributed by atoms with Crippen LogP contribution in [0.1, 0.15) is 37.7 Å². The predicted octanol–water partition coefficient (Wildman–Crippen LogP) is 2.23. The van der Waals surface area contributed by atoms with E-state index >= 15 is 0 Å². The molecule has 1 N–H and O–H groups in total. The highest BCUT2D eigenvalue weighted by Gasteiger charge is 2.15. The molecule has 1 aliphatic carbocycles. The minimum absolute atomic E-state index is 0.0207. The largest absolute Gasteiger partial charge is 0.484 e. The first kappa shape index (κ1) is 16.3. The molecule has 1 aliphatic rings. The maximum Gasteiger partial charge on any atom is 0.309 e. The van der Waals surface area contributed by atoms with Crippen LogP contribution in [0.15, 0.2) is 24.3 Å². The lowest BCUT2D eigenvalue weighted by Gasteiger charge is -2.22. The monoisotopic (exact) mass is 305 g/mol. The summed E-state index contributed by atoms with van der Waals surface area (Å²) in [4.78, 5) is 23.0. The summed E-state index contributed by atoms with van der Waals surface area (Å²) >= 11 is 0. The maximum absolute atomic E-state index is 11.8. The molecule has 1 fully saturated rings. The van der Waals surface area contributed by atoms with Crippen molar-refractivity contribution in [2.75, 3.05) is 13.7 Å². The van der Waals surface area contributed by atoms with E-state index in [9.17, 15) is 9.59 Å². The molecule has 22 heavy (non-hydrogen) atoms. The standard InChI is InChI=1S/C17H23NO4/c1-21-17(20)11-13-7-9-15(10-8-13)22-12-16(19)18-14-5-3-2-4-6-14/h7-10,14H,2-6,11-12H2,1H3,(H,18,19). The van der Waals surface area contributed by atoms with Crippen molar-refractivity contribution in [2.24, 2.45) is 0 Å². The van der Waals surface area contributed by atoms with Gasteiger partial charge >= 0.3 is 5.97 Å². The van der Waals surface area contributed by atoms with Crippen LogP contribution in [-0.2, 0) is 20.7 Å². The molecule has 1 saturated carbocycles. The van der Waals surface area contributed by atoms with Gasteiger partial charge in [-0.05, 0) is 30.5 Å². The molecule has 0 radical (unpaired) electrons. The molecule has 0 unspecified atom stereocenters. The molecule has 0 bridgehead atoms. The Morgan fingerprint density at radius 1 is 1.14 bits per heavy atom. The molecule has 120 valence electrons. The van der Waals surface area contributed by atoms with Gasteiger partial charge in [0.25, 0.3) is 5.91 Å². The number of hydrogen-bond acceptors (Lipinski definition) is 4. The van der Waals surface area contributed by atoms with Gasteiger partial charge in [0, 0.05) is 6.04 Å². The normalized spacial score (nSPS) is 15.1. The van der Waals surface area contributed by atoms with Gasteiger partial charge < -0.3 is 14.8 Å². The number of nitrogens with one attached hydrogen (secondary N) is 1. The summed E-state index contributed by atoms with van der Waals surface area (Å²) in [6.45, 7) is 0.0207. The highest BCUT2D eigenvalue weighted by atomic mass is 16.5. The zero-order valence-electron chi connectivity index (χ0n) is 13.0. The fourth-order valence-electron chi connectivity index (χ4n) is 2.61. The van der Waals surface area contributed by atoms with Gasteiger partial charge in [-0.3, -0.25) is 9.59 Å². The molecule has 2 rings (SSSR count). The summed E-state index contributed by atoms with van der Waals surface area (Å²) in [5, 5.41) is 3.01. The number of esters is 1. The smallest absolute Gasteiger partial charge is 0.309 e. The maximum atomic E-state index is 11.8. The van der Waals surface area contributed by atoms with E-state index in [1.54, 1.807) is 24.3 Å². The predicted molar refractivity (Wildman–Crippen MR) is 82.7 cm³/mol. The van der Waals surface area contributed by atoms with Crippen molar-refractivity contribution in [3.05, 3.63) is 29.8 Å². The van der Waals surface area contributed by atoms with Crippen molar-refractivity contribution >= 4 is 11.9 Å². The number of rotatable bonds is 6. The number of methoxy groups -OCH3 is 1. The first-order valence-corrected chi connectivity index (χ1v) is 7.75. The summed E-state index contributed by atoms with van der Waals surface area (Å²) in [5.74, 6) is 0.262. The Balaban J connectivity index is 1.73. The number of benzene rings is 1. The second-order valence-electron chi connectivity index (χ2n) is 5.59. The van der Waals surface area contributed by atoms with Crippen LogP contribution in [-0.4, -0.2) is 31.6 Å². The minimum atomic E-state index is -0.277. The highest BCUT2D eigenvalue weighted by Crippen LogP contribution is 2.17. The molecule has 1 aromatic carbocycles. The molecule has 0 aliphatic heterocycles.